The maximum absolute atomic E-state index is 11.6. The predicted molar refractivity (Wildman–Crippen MR) is 69.7 cm³/mol. The fraction of sp³-hybridized carbons (Fsp3) is 0.500. The number of aromatic nitrogens is 2. The first-order valence-corrected chi connectivity index (χ1v) is 5.78. The van der Waals surface area contributed by atoms with E-state index >= 15 is 0 Å². The SMILES string of the molecule is CNC(=O)C(C)(C)CNc1ccnc(C(=O)OC)n1. The Labute approximate surface area is 111 Å². The van der Waals surface area contributed by atoms with Crippen LogP contribution in [0.1, 0.15) is 24.5 Å². The van der Waals surface area contributed by atoms with Crippen molar-refractivity contribution in [1.82, 2.24) is 15.3 Å². The molecule has 0 aliphatic heterocycles. The molecule has 19 heavy (non-hydrogen) atoms. The highest BCUT2D eigenvalue weighted by Gasteiger charge is 2.26. The molecular formula is C12H18N4O3. The topological polar surface area (TPSA) is 93.2 Å². The van der Waals surface area contributed by atoms with E-state index < -0.39 is 11.4 Å². The Hall–Kier alpha value is -2.18. The minimum absolute atomic E-state index is 0.0229. The van der Waals surface area contributed by atoms with Crippen LogP contribution in [0.5, 0.6) is 0 Å². The second-order valence-corrected chi connectivity index (χ2v) is 4.57. The lowest BCUT2D eigenvalue weighted by Gasteiger charge is -2.23. The van der Waals surface area contributed by atoms with Crippen molar-refractivity contribution in [1.29, 1.82) is 0 Å². The molecule has 0 unspecified atom stereocenters. The number of carbonyl (C=O) groups is 2. The molecule has 0 radical (unpaired) electrons. The largest absolute Gasteiger partial charge is 0.463 e. The number of hydrogen-bond acceptors (Lipinski definition) is 6. The number of nitrogens with one attached hydrogen (secondary N) is 2. The molecule has 7 nitrogen and oxygen atoms in total. The van der Waals surface area contributed by atoms with Crippen molar-refractivity contribution in [3.8, 4) is 0 Å². The molecule has 0 aliphatic rings. The molecule has 0 atom stereocenters. The van der Waals surface area contributed by atoms with Gasteiger partial charge in [0.25, 0.3) is 0 Å². The van der Waals surface area contributed by atoms with Gasteiger partial charge in [-0.25, -0.2) is 14.8 Å². The molecule has 0 aliphatic carbocycles. The van der Waals surface area contributed by atoms with Crippen molar-refractivity contribution < 1.29 is 14.3 Å². The number of nitrogens with zero attached hydrogens (tertiary/aromatic N) is 2. The Balaban J connectivity index is 2.73. The summed E-state index contributed by atoms with van der Waals surface area (Å²) in [5.41, 5.74) is -0.592. The van der Waals surface area contributed by atoms with Crippen LogP contribution in [0.15, 0.2) is 12.3 Å². The number of methoxy groups -OCH3 is 1. The molecule has 1 aromatic heterocycles. The third-order valence-corrected chi connectivity index (χ3v) is 2.58. The van der Waals surface area contributed by atoms with E-state index in [1.54, 1.807) is 27.0 Å². The van der Waals surface area contributed by atoms with Crippen molar-refractivity contribution in [3.63, 3.8) is 0 Å². The van der Waals surface area contributed by atoms with Gasteiger partial charge in [-0.05, 0) is 19.9 Å². The second-order valence-electron chi connectivity index (χ2n) is 4.57. The Bertz CT molecular complexity index is 474. The molecular weight excluding hydrogens is 248 g/mol. The number of amides is 1. The molecule has 7 heteroatoms. The van der Waals surface area contributed by atoms with Gasteiger partial charge in [-0.2, -0.15) is 0 Å². The first kappa shape index (κ1) is 14.9. The third kappa shape index (κ3) is 3.90. The van der Waals surface area contributed by atoms with Gasteiger partial charge in [-0.15, -0.1) is 0 Å². The molecule has 0 spiro atoms. The molecule has 0 saturated heterocycles. The van der Waals surface area contributed by atoms with E-state index in [0.717, 1.165) is 0 Å². The monoisotopic (exact) mass is 266 g/mol. The highest BCUT2D eigenvalue weighted by molar-refractivity contribution is 5.85. The second kappa shape index (κ2) is 6.12. The zero-order valence-electron chi connectivity index (χ0n) is 11.5. The van der Waals surface area contributed by atoms with E-state index in [9.17, 15) is 9.59 Å². The zero-order chi connectivity index (χ0) is 14.5. The van der Waals surface area contributed by atoms with Crippen LogP contribution in [0.25, 0.3) is 0 Å². The Morgan fingerprint density at radius 1 is 1.42 bits per heavy atom. The summed E-state index contributed by atoms with van der Waals surface area (Å²) in [4.78, 5) is 30.7. The summed E-state index contributed by atoms with van der Waals surface area (Å²) in [6, 6.07) is 1.62. The minimum Gasteiger partial charge on any atom is -0.463 e. The Morgan fingerprint density at radius 3 is 2.68 bits per heavy atom. The predicted octanol–water partition coefficient (Wildman–Crippen LogP) is 0.447. The number of carbonyl (C=O) groups excluding carboxylic acids is 2. The summed E-state index contributed by atoms with van der Waals surface area (Å²) >= 11 is 0. The highest BCUT2D eigenvalue weighted by Crippen LogP contribution is 2.16. The van der Waals surface area contributed by atoms with E-state index in [2.05, 4.69) is 25.3 Å². The van der Waals surface area contributed by atoms with E-state index in [4.69, 9.17) is 0 Å². The van der Waals surface area contributed by atoms with Crippen LogP contribution in [-0.4, -0.2) is 42.5 Å². The molecule has 104 valence electrons. The van der Waals surface area contributed by atoms with Gasteiger partial charge < -0.3 is 15.4 Å². The molecule has 1 amide bonds. The molecule has 0 bridgehead atoms. The van der Waals surface area contributed by atoms with Gasteiger partial charge >= 0.3 is 5.97 Å². The molecule has 1 rings (SSSR count). The number of rotatable bonds is 5. The lowest BCUT2D eigenvalue weighted by Crippen LogP contribution is -2.39. The fourth-order valence-corrected chi connectivity index (χ4v) is 1.38. The van der Waals surface area contributed by atoms with Crippen molar-refractivity contribution in [2.24, 2.45) is 5.41 Å². The van der Waals surface area contributed by atoms with E-state index in [1.807, 2.05) is 0 Å². The van der Waals surface area contributed by atoms with Gasteiger partial charge in [0, 0.05) is 19.8 Å². The summed E-state index contributed by atoms with van der Waals surface area (Å²) in [5.74, 6) is -0.242. The van der Waals surface area contributed by atoms with Gasteiger partial charge in [0.2, 0.25) is 11.7 Å². The quantitative estimate of drug-likeness (QED) is 0.751. The van der Waals surface area contributed by atoms with Crippen molar-refractivity contribution >= 4 is 17.7 Å². The Kier molecular flexibility index (Phi) is 4.80. The first-order chi connectivity index (χ1) is 8.90. The smallest absolute Gasteiger partial charge is 0.376 e. The maximum Gasteiger partial charge on any atom is 0.376 e. The first-order valence-electron chi connectivity index (χ1n) is 5.78. The number of ether oxygens (including phenoxy) is 1. The molecule has 1 aromatic rings. The normalized spacial score (nSPS) is 10.7. The fourth-order valence-electron chi connectivity index (χ4n) is 1.38. The van der Waals surface area contributed by atoms with Crippen LogP contribution in [0.4, 0.5) is 5.82 Å². The third-order valence-electron chi connectivity index (χ3n) is 2.58. The van der Waals surface area contributed by atoms with Gasteiger partial charge in [-0.1, -0.05) is 0 Å². The van der Waals surface area contributed by atoms with E-state index in [1.165, 1.54) is 13.3 Å². The number of esters is 1. The lowest BCUT2D eigenvalue weighted by atomic mass is 9.92. The van der Waals surface area contributed by atoms with Crippen LogP contribution in [-0.2, 0) is 9.53 Å². The van der Waals surface area contributed by atoms with Gasteiger partial charge in [-0.3, -0.25) is 4.79 Å². The Morgan fingerprint density at radius 2 is 2.11 bits per heavy atom. The zero-order valence-corrected chi connectivity index (χ0v) is 11.5. The van der Waals surface area contributed by atoms with Gasteiger partial charge in [0.05, 0.1) is 12.5 Å². The van der Waals surface area contributed by atoms with Crippen molar-refractivity contribution in [2.75, 3.05) is 26.0 Å². The summed E-state index contributed by atoms with van der Waals surface area (Å²) < 4.78 is 4.54. The van der Waals surface area contributed by atoms with Gasteiger partial charge in [0.1, 0.15) is 5.82 Å². The molecule has 0 saturated carbocycles. The average Bonchev–Trinajstić information content (AvgIpc) is 2.43. The van der Waals surface area contributed by atoms with Crippen LogP contribution in [0.3, 0.4) is 0 Å². The maximum atomic E-state index is 11.6. The van der Waals surface area contributed by atoms with Gasteiger partial charge in [0.15, 0.2) is 0 Å². The molecule has 0 aromatic carbocycles. The van der Waals surface area contributed by atoms with Crippen LogP contribution < -0.4 is 10.6 Å². The molecule has 0 fully saturated rings. The number of hydrogen-bond donors (Lipinski definition) is 2. The van der Waals surface area contributed by atoms with Crippen LogP contribution in [0.2, 0.25) is 0 Å². The summed E-state index contributed by atoms with van der Waals surface area (Å²) in [6.45, 7) is 3.99. The average molecular weight is 266 g/mol. The minimum atomic E-state index is -0.603. The van der Waals surface area contributed by atoms with Crippen LogP contribution >= 0.6 is 0 Å². The van der Waals surface area contributed by atoms with E-state index in [0.29, 0.717) is 12.4 Å². The standard InChI is InChI=1S/C12H18N4O3/c1-12(2,11(18)13-3)7-15-8-5-6-14-9(16-8)10(17)19-4/h5-6H,7H2,1-4H3,(H,13,18)(H,14,15,16). The van der Waals surface area contributed by atoms with E-state index in [-0.39, 0.29) is 11.7 Å². The summed E-state index contributed by atoms with van der Waals surface area (Å²) in [6.07, 6.45) is 1.45. The van der Waals surface area contributed by atoms with Crippen molar-refractivity contribution in [2.45, 2.75) is 13.8 Å². The highest BCUT2D eigenvalue weighted by atomic mass is 16.5. The lowest BCUT2D eigenvalue weighted by molar-refractivity contribution is -0.128. The van der Waals surface area contributed by atoms with Crippen molar-refractivity contribution in [3.05, 3.63) is 18.1 Å². The molecule has 1 heterocycles. The number of anilines is 1. The van der Waals surface area contributed by atoms with Crippen LogP contribution in [0, 0.1) is 5.41 Å². The molecule has 2 N–H and O–H groups in total. The summed E-state index contributed by atoms with van der Waals surface area (Å²) in [5, 5.41) is 5.59. The summed E-state index contributed by atoms with van der Waals surface area (Å²) in [7, 11) is 2.85.